The third-order valence-corrected chi connectivity index (χ3v) is 2.16. The summed E-state index contributed by atoms with van der Waals surface area (Å²) in [6.07, 6.45) is 3.28. The molecule has 1 aliphatic rings. The van der Waals surface area contributed by atoms with Crippen molar-refractivity contribution in [2.75, 3.05) is 0 Å². The van der Waals surface area contributed by atoms with Gasteiger partial charge in [-0.1, -0.05) is 0 Å². The van der Waals surface area contributed by atoms with Gasteiger partial charge in [0.15, 0.2) is 0 Å². The van der Waals surface area contributed by atoms with Crippen LogP contribution in [-0.4, -0.2) is 4.98 Å². The molecule has 0 aliphatic carbocycles. The fourth-order valence-corrected chi connectivity index (χ4v) is 1.49. The zero-order valence-electron chi connectivity index (χ0n) is 8.56. The highest BCUT2D eigenvalue weighted by Crippen LogP contribution is 2.33. The summed E-state index contributed by atoms with van der Waals surface area (Å²) >= 11 is 0. The van der Waals surface area contributed by atoms with Crippen molar-refractivity contribution in [2.24, 2.45) is 0 Å². The second kappa shape index (κ2) is 3.88. The summed E-state index contributed by atoms with van der Waals surface area (Å²) < 4.78 is 5.40. The third kappa shape index (κ3) is 1.53. The number of ether oxygens (including phenoxy) is 1. The molecule has 16 heavy (non-hydrogen) atoms. The van der Waals surface area contributed by atoms with Gasteiger partial charge in [-0.2, -0.15) is 10.5 Å². The number of pyridine rings is 1. The molecule has 2 heterocycles. The van der Waals surface area contributed by atoms with Gasteiger partial charge >= 0.3 is 0 Å². The van der Waals surface area contributed by atoms with E-state index < -0.39 is 0 Å². The average molecular weight is 209 g/mol. The highest BCUT2D eigenvalue weighted by Gasteiger charge is 2.18. The molecule has 0 aromatic carbocycles. The van der Waals surface area contributed by atoms with Gasteiger partial charge in [-0.3, -0.25) is 0 Å². The van der Waals surface area contributed by atoms with Crippen molar-refractivity contribution in [3.05, 3.63) is 41.3 Å². The second-order valence-corrected chi connectivity index (χ2v) is 3.23. The summed E-state index contributed by atoms with van der Waals surface area (Å²) in [5.74, 6) is 1.05. The van der Waals surface area contributed by atoms with Gasteiger partial charge in [0.1, 0.15) is 23.5 Å². The summed E-state index contributed by atoms with van der Waals surface area (Å²) in [6, 6.07) is 7.26. The number of nitriles is 2. The first kappa shape index (κ1) is 9.95. The van der Waals surface area contributed by atoms with Gasteiger partial charge in [0.05, 0.1) is 0 Å². The van der Waals surface area contributed by atoms with Crippen molar-refractivity contribution in [1.29, 1.82) is 10.5 Å². The number of hydrogen-bond acceptors (Lipinski definition) is 4. The number of fused-ring (bicyclic) bond motifs is 1. The Labute approximate surface area is 92.7 Å². The molecule has 0 amide bonds. The van der Waals surface area contributed by atoms with Crippen LogP contribution in [0, 0.1) is 22.7 Å². The molecule has 0 saturated heterocycles. The summed E-state index contributed by atoms with van der Waals surface area (Å²) in [6.45, 7) is 1.75. The number of aromatic nitrogens is 1. The van der Waals surface area contributed by atoms with E-state index in [0.717, 1.165) is 0 Å². The maximum atomic E-state index is 8.87. The van der Waals surface area contributed by atoms with Crippen LogP contribution >= 0.6 is 0 Å². The molecule has 4 nitrogen and oxygen atoms in total. The Morgan fingerprint density at radius 1 is 1.38 bits per heavy atom. The highest BCUT2D eigenvalue weighted by atomic mass is 16.5. The van der Waals surface area contributed by atoms with E-state index in [-0.39, 0.29) is 5.57 Å². The molecular formula is C12H7N3O. The zero-order valence-corrected chi connectivity index (χ0v) is 8.56. The van der Waals surface area contributed by atoms with Gasteiger partial charge in [0.25, 0.3) is 0 Å². The van der Waals surface area contributed by atoms with Crippen LogP contribution in [0.15, 0.2) is 35.7 Å². The van der Waals surface area contributed by atoms with Crippen molar-refractivity contribution in [3.8, 4) is 18.0 Å². The van der Waals surface area contributed by atoms with E-state index in [0.29, 0.717) is 22.8 Å². The van der Waals surface area contributed by atoms with Crippen LogP contribution in [0.4, 0.5) is 0 Å². The van der Waals surface area contributed by atoms with Crippen molar-refractivity contribution >= 4 is 5.57 Å². The van der Waals surface area contributed by atoms with E-state index in [1.54, 1.807) is 31.3 Å². The van der Waals surface area contributed by atoms with Gasteiger partial charge in [-0.25, -0.2) is 4.98 Å². The Morgan fingerprint density at radius 2 is 2.12 bits per heavy atom. The molecule has 4 heteroatoms. The van der Waals surface area contributed by atoms with Crippen LogP contribution in [0.5, 0.6) is 5.88 Å². The molecule has 0 N–H and O–H groups in total. The fraction of sp³-hybridized carbons (Fsp3) is 0.0833. The van der Waals surface area contributed by atoms with E-state index in [1.807, 2.05) is 12.1 Å². The Hall–Kier alpha value is -2.59. The van der Waals surface area contributed by atoms with Crippen molar-refractivity contribution < 1.29 is 4.74 Å². The van der Waals surface area contributed by atoms with Gasteiger partial charge in [0, 0.05) is 17.3 Å². The average Bonchev–Trinajstić information content (AvgIpc) is 2.30. The summed E-state index contributed by atoms with van der Waals surface area (Å²) in [5, 5.41) is 17.7. The summed E-state index contributed by atoms with van der Waals surface area (Å²) in [7, 11) is 0. The maximum absolute atomic E-state index is 8.87. The van der Waals surface area contributed by atoms with E-state index in [4.69, 9.17) is 15.3 Å². The quantitative estimate of drug-likeness (QED) is 0.614. The van der Waals surface area contributed by atoms with E-state index in [2.05, 4.69) is 4.98 Å². The van der Waals surface area contributed by atoms with Crippen molar-refractivity contribution in [1.82, 2.24) is 4.98 Å². The molecule has 0 atom stereocenters. The van der Waals surface area contributed by atoms with Gasteiger partial charge in [-0.05, 0) is 25.1 Å². The fourth-order valence-electron chi connectivity index (χ4n) is 1.49. The topological polar surface area (TPSA) is 69.7 Å². The molecule has 76 valence electrons. The zero-order chi connectivity index (χ0) is 11.5. The van der Waals surface area contributed by atoms with E-state index in [1.165, 1.54) is 0 Å². The van der Waals surface area contributed by atoms with Crippen molar-refractivity contribution in [2.45, 2.75) is 6.92 Å². The highest BCUT2D eigenvalue weighted by molar-refractivity contribution is 5.85. The minimum atomic E-state index is 0.0666. The van der Waals surface area contributed by atoms with Crippen LogP contribution in [0.25, 0.3) is 5.57 Å². The lowest BCUT2D eigenvalue weighted by Gasteiger charge is -2.16. The van der Waals surface area contributed by atoms with Crippen LogP contribution in [-0.2, 0) is 0 Å². The summed E-state index contributed by atoms with van der Waals surface area (Å²) in [4.78, 5) is 4.05. The van der Waals surface area contributed by atoms with Gasteiger partial charge in [-0.15, -0.1) is 0 Å². The van der Waals surface area contributed by atoms with Crippen LogP contribution in [0.1, 0.15) is 12.5 Å². The first-order chi connectivity index (χ1) is 7.76. The lowest BCUT2D eigenvalue weighted by Crippen LogP contribution is -2.04. The smallest absolute Gasteiger partial charge is 0.226 e. The van der Waals surface area contributed by atoms with E-state index in [9.17, 15) is 0 Å². The molecule has 1 aromatic heterocycles. The van der Waals surface area contributed by atoms with Gasteiger partial charge < -0.3 is 4.74 Å². The molecule has 2 rings (SSSR count). The second-order valence-electron chi connectivity index (χ2n) is 3.23. The SMILES string of the molecule is CC1=CC(=C(C#N)C#N)c2cccnc2O1. The predicted octanol–water partition coefficient (Wildman–Crippen LogP) is 2.18. The molecule has 0 spiro atoms. The Bertz CT molecular complexity index is 569. The Balaban J connectivity index is 2.72. The minimum Gasteiger partial charge on any atom is -0.443 e. The first-order valence-corrected chi connectivity index (χ1v) is 4.62. The minimum absolute atomic E-state index is 0.0666. The number of nitrogens with zero attached hydrogens (tertiary/aromatic N) is 3. The van der Waals surface area contributed by atoms with Crippen LogP contribution in [0.2, 0.25) is 0 Å². The number of rotatable bonds is 0. The molecule has 0 saturated carbocycles. The van der Waals surface area contributed by atoms with Crippen LogP contribution in [0.3, 0.4) is 0 Å². The lowest BCUT2D eigenvalue weighted by molar-refractivity contribution is 0.405. The van der Waals surface area contributed by atoms with Gasteiger partial charge in [0.2, 0.25) is 5.88 Å². The number of allylic oxidation sites excluding steroid dienone is 4. The van der Waals surface area contributed by atoms with Crippen LogP contribution < -0.4 is 4.74 Å². The molecule has 0 fully saturated rings. The molecule has 1 aromatic rings. The lowest BCUT2D eigenvalue weighted by atomic mass is 10.00. The predicted molar refractivity (Wildman–Crippen MR) is 56.8 cm³/mol. The normalized spacial score (nSPS) is 12.7. The summed E-state index contributed by atoms with van der Waals surface area (Å²) in [5.41, 5.74) is 1.31. The number of hydrogen-bond donors (Lipinski definition) is 0. The molecule has 0 unspecified atom stereocenters. The molecule has 0 bridgehead atoms. The Morgan fingerprint density at radius 3 is 2.81 bits per heavy atom. The largest absolute Gasteiger partial charge is 0.443 e. The third-order valence-electron chi connectivity index (χ3n) is 2.16. The Kier molecular flexibility index (Phi) is 2.41. The molecule has 0 radical (unpaired) electrons. The van der Waals surface area contributed by atoms with E-state index >= 15 is 0 Å². The molecule has 1 aliphatic heterocycles. The monoisotopic (exact) mass is 209 g/mol. The molecular weight excluding hydrogens is 202 g/mol. The standard InChI is InChI=1S/C12H7N3O/c1-8-5-11(9(6-13)7-14)10-3-2-4-15-12(10)16-8/h2-5H,1H3. The maximum Gasteiger partial charge on any atom is 0.226 e. The first-order valence-electron chi connectivity index (χ1n) is 4.62. The van der Waals surface area contributed by atoms with Crippen molar-refractivity contribution in [3.63, 3.8) is 0 Å².